The van der Waals surface area contributed by atoms with Gasteiger partial charge in [0, 0.05) is 43.8 Å². The second-order valence-electron chi connectivity index (χ2n) is 6.80. The largest absolute Gasteiger partial charge is 0.369 e. The monoisotopic (exact) mass is 301 g/mol. The zero-order valence-electron chi connectivity index (χ0n) is 13.4. The van der Waals surface area contributed by atoms with Gasteiger partial charge in [-0.2, -0.15) is 0 Å². The van der Waals surface area contributed by atoms with Gasteiger partial charge in [-0.25, -0.2) is 0 Å². The molecule has 3 unspecified atom stereocenters. The van der Waals surface area contributed by atoms with Gasteiger partial charge < -0.3 is 15.5 Å². The Bertz CT molecular complexity index is 504. The van der Waals surface area contributed by atoms with Crippen molar-refractivity contribution < 1.29 is 4.79 Å². The molecule has 1 aromatic rings. The zero-order chi connectivity index (χ0) is 15.5. The SMILES string of the molecule is CN(C(=O)C1CCC(N)C1)C1CCCN(c2ccccc2)C1. The summed E-state index contributed by atoms with van der Waals surface area (Å²) in [7, 11) is 1.98. The second kappa shape index (κ2) is 6.69. The van der Waals surface area contributed by atoms with Crippen LogP contribution in [-0.4, -0.2) is 43.0 Å². The van der Waals surface area contributed by atoms with Gasteiger partial charge in [-0.05, 0) is 44.2 Å². The summed E-state index contributed by atoms with van der Waals surface area (Å²) in [5, 5.41) is 0. The van der Waals surface area contributed by atoms with Crippen LogP contribution in [-0.2, 0) is 4.79 Å². The first kappa shape index (κ1) is 15.3. The van der Waals surface area contributed by atoms with Gasteiger partial charge in [-0.1, -0.05) is 18.2 Å². The quantitative estimate of drug-likeness (QED) is 0.931. The lowest BCUT2D eigenvalue weighted by atomic mass is 10.0. The summed E-state index contributed by atoms with van der Waals surface area (Å²) in [6.45, 7) is 2.02. The molecule has 1 aliphatic carbocycles. The number of piperidine rings is 1. The van der Waals surface area contributed by atoms with Gasteiger partial charge in [0.1, 0.15) is 0 Å². The van der Waals surface area contributed by atoms with E-state index >= 15 is 0 Å². The van der Waals surface area contributed by atoms with Crippen LogP contribution in [0.15, 0.2) is 30.3 Å². The summed E-state index contributed by atoms with van der Waals surface area (Å²) in [4.78, 5) is 17.1. The topological polar surface area (TPSA) is 49.6 Å². The Kier molecular flexibility index (Phi) is 4.67. The van der Waals surface area contributed by atoms with Crippen molar-refractivity contribution in [1.29, 1.82) is 0 Å². The molecule has 1 saturated carbocycles. The van der Waals surface area contributed by atoms with E-state index in [1.807, 2.05) is 18.0 Å². The van der Waals surface area contributed by atoms with Gasteiger partial charge in [0.15, 0.2) is 0 Å². The maximum Gasteiger partial charge on any atom is 0.225 e. The molecule has 0 spiro atoms. The van der Waals surface area contributed by atoms with Crippen molar-refractivity contribution in [3.63, 3.8) is 0 Å². The van der Waals surface area contributed by atoms with Gasteiger partial charge in [0.05, 0.1) is 0 Å². The average Bonchev–Trinajstić information content (AvgIpc) is 3.01. The smallest absolute Gasteiger partial charge is 0.225 e. The molecule has 1 amide bonds. The van der Waals surface area contributed by atoms with E-state index in [1.54, 1.807) is 0 Å². The van der Waals surface area contributed by atoms with E-state index in [2.05, 4.69) is 29.2 Å². The number of carbonyl (C=O) groups excluding carboxylic acids is 1. The number of benzene rings is 1. The molecule has 2 fully saturated rings. The van der Waals surface area contributed by atoms with Crippen molar-refractivity contribution >= 4 is 11.6 Å². The van der Waals surface area contributed by atoms with Gasteiger partial charge in [-0.15, -0.1) is 0 Å². The first-order valence-electron chi connectivity index (χ1n) is 8.47. The highest BCUT2D eigenvalue weighted by Crippen LogP contribution is 2.28. The molecule has 3 atom stereocenters. The van der Waals surface area contributed by atoms with Crippen LogP contribution in [0.4, 0.5) is 5.69 Å². The Morgan fingerprint density at radius 2 is 2.00 bits per heavy atom. The van der Waals surface area contributed by atoms with Crippen LogP contribution in [0.1, 0.15) is 32.1 Å². The van der Waals surface area contributed by atoms with E-state index in [0.717, 1.165) is 45.2 Å². The summed E-state index contributed by atoms with van der Waals surface area (Å²) in [5.41, 5.74) is 7.22. The number of nitrogens with zero attached hydrogens (tertiary/aromatic N) is 2. The van der Waals surface area contributed by atoms with Crippen LogP contribution in [0, 0.1) is 5.92 Å². The van der Waals surface area contributed by atoms with Gasteiger partial charge in [0.25, 0.3) is 0 Å². The van der Waals surface area contributed by atoms with Crippen molar-refractivity contribution in [3.8, 4) is 0 Å². The van der Waals surface area contributed by atoms with E-state index in [0.29, 0.717) is 11.9 Å². The number of para-hydroxylation sites is 1. The molecule has 22 heavy (non-hydrogen) atoms. The number of rotatable bonds is 3. The molecular weight excluding hydrogens is 274 g/mol. The second-order valence-corrected chi connectivity index (χ2v) is 6.80. The van der Waals surface area contributed by atoms with E-state index in [-0.39, 0.29) is 12.0 Å². The molecule has 0 aromatic heterocycles. The Morgan fingerprint density at radius 1 is 1.23 bits per heavy atom. The lowest BCUT2D eigenvalue weighted by molar-refractivity contribution is -0.136. The highest BCUT2D eigenvalue weighted by atomic mass is 16.2. The highest BCUT2D eigenvalue weighted by Gasteiger charge is 2.33. The minimum Gasteiger partial charge on any atom is -0.369 e. The zero-order valence-corrected chi connectivity index (χ0v) is 13.4. The van der Waals surface area contributed by atoms with Crippen LogP contribution in [0.25, 0.3) is 0 Å². The highest BCUT2D eigenvalue weighted by molar-refractivity contribution is 5.79. The molecule has 4 nitrogen and oxygen atoms in total. The summed E-state index contributed by atoms with van der Waals surface area (Å²) in [6.07, 6.45) is 5.05. The molecule has 1 aromatic carbocycles. The lowest BCUT2D eigenvalue weighted by Crippen LogP contribution is -2.50. The molecule has 0 radical (unpaired) electrons. The third kappa shape index (κ3) is 3.27. The Balaban J connectivity index is 1.63. The van der Waals surface area contributed by atoms with Crippen LogP contribution < -0.4 is 10.6 Å². The number of hydrogen-bond donors (Lipinski definition) is 1. The van der Waals surface area contributed by atoms with Crippen LogP contribution in [0.3, 0.4) is 0 Å². The number of carbonyl (C=O) groups is 1. The van der Waals surface area contributed by atoms with Crippen molar-refractivity contribution in [1.82, 2.24) is 4.90 Å². The fourth-order valence-electron chi connectivity index (χ4n) is 3.85. The number of likely N-dealkylation sites (N-methyl/N-ethyl adjacent to an activating group) is 1. The molecule has 2 aliphatic rings. The Labute approximate surface area is 133 Å². The normalized spacial score (nSPS) is 28.6. The summed E-state index contributed by atoms with van der Waals surface area (Å²) in [6, 6.07) is 11.0. The maximum absolute atomic E-state index is 12.7. The molecule has 3 rings (SSSR count). The average molecular weight is 301 g/mol. The van der Waals surface area contributed by atoms with Gasteiger partial charge in [-0.3, -0.25) is 4.79 Å². The fraction of sp³-hybridized carbons (Fsp3) is 0.611. The third-order valence-electron chi connectivity index (χ3n) is 5.24. The number of nitrogens with two attached hydrogens (primary N) is 1. The number of hydrogen-bond acceptors (Lipinski definition) is 3. The first-order chi connectivity index (χ1) is 10.6. The third-order valence-corrected chi connectivity index (χ3v) is 5.24. The molecule has 4 heteroatoms. The molecular formula is C18H27N3O. The van der Waals surface area contributed by atoms with E-state index in [1.165, 1.54) is 5.69 Å². The Morgan fingerprint density at radius 3 is 2.68 bits per heavy atom. The molecule has 1 aliphatic heterocycles. The molecule has 1 heterocycles. The molecule has 1 saturated heterocycles. The van der Waals surface area contributed by atoms with Gasteiger partial charge in [0.2, 0.25) is 5.91 Å². The maximum atomic E-state index is 12.7. The van der Waals surface area contributed by atoms with E-state index < -0.39 is 0 Å². The molecule has 2 N–H and O–H groups in total. The van der Waals surface area contributed by atoms with Crippen molar-refractivity contribution in [2.75, 3.05) is 25.0 Å². The predicted octanol–water partition coefficient (Wildman–Crippen LogP) is 2.24. The Hall–Kier alpha value is -1.55. The van der Waals surface area contributed by atoms with Crippen LogP contribution in [0.2, 0.25) is 0 Å². The molecule has 120 valence electrons. The van der Waals surface area contributed by atoms with Crippen molar-refractivity contribution in [2.45, 2.75) is 44.2 Å². The molecule has 0 bridgehead atoms. The summed E-state index contributed by atoms with van der Waals surface area (Å²) < 4.78 is 0. The van der Waals surface area contributed by atoms with Crippen molar-refractivity contribution in [2.24, 2.45) is 11.7 Å². The van der Waals surface area contributed by atoms with E-state index in [4.69, 9.17) is 5.73 Å². The number of amides is 1. The lowest BCUT2D eigenvalue weighted by Gasteiger charge is -2.39. The number of anilines is 1. The van der Waals surface area contributed by atoms with Gasteiger partial charge >= 0.3 is 0 Å². The predicted molar refractivity (Wildman–Crippen MR) is 89.8 cm³/mol. The van der Waals surface area contributed by atoms with E-state index in [9.17, 15) is 4.79 Å². The first-order valence-corrected chi connectivity index (χ1v) is 8.47. The minimum absolute atomic E-state index is 0.145. The standard InChI is InChI=1S/C18H27N3O/c1-20(18(22)14-9-10-15(19)12-14)17-8-5-11-21(13-17)16-6-3-2-4-7-16/h2-4,6-7,14-15,17H,5,8-13,19H2,1H3. The summed E-state index contributed by atoms with van der Waals surface area (Å²) >= 11 is 0. The minimum atomic E-state index is 0.145. The summed E-state index contributed by atoms with van der Waals surface area (Å²) in [5.74, 6) is 0.444. The van der Waals surface area contributed by atoms with Crippen molar-refractivity contribution in [3.05, 3.63) is 30.3 Å². The fourth-order valence-corrected chi connectivity index (χ4v) is 3.85. The van der Waals surface area contributed by atoms with Crippen LogP contribution >= 0.6 is 0 Å². The van der Waals surface area contributed by atoms with Crippen LogP contribution in [0.5, 0.6) is 0 Å².